The lowest BCUT2D eigenvalue weighted by atomic mass is 10.2. The van der Waals surface area contributed by atoms with Crippen LogP contribution in [0, 0.1) is 0 Å². The normalized spacial score (nSPS) is 11.8. The van der Waals surface area contributed by atoms with Gasteiger partial charge < -0.3 is 15.0 Å². The zero-order valence-electron chi connectivity index (χ0n) is 14.5. The minimum Gasteiger partial charge on any atom is -0.496 e. The predicted molar refractivity (Wildman–Crippen MR) is 98.5 cm³/mol. The summed E-state index contributed by atoms with van der Waals surface area (Å²) < 4.78 is 5.30. The Balaban J connectivity index is 1.80. The maximum absolute atomic E-state index is 12.1. The van der Waals surface area contributed by atoms with Crippen molar-refractivity contribution in [3.05, 3.63) is 59.7 Å². The number of hydrogen-bond acceptors (Lipinski definition) is 3. The third kappa shape index (κ3) is 5.58. The second-order valence-electron chi connectivity index (χ2n) is 5.75. The quantitative estimate of drug-likeness (QED) is 0.717. The second-order valence-corrected chi connectivity index (χ2v) is 6.63. The Hall–Kier alpha value is -1.98. The molecule has 1 amide bonds. The van der Waals surface area contributed by atoms with Crippen LogP contribution in [0.15, 0.2) is 53.4 Å². The molecule has 0 heterocycles. The third-order valence-corrected chi connectivity index (χ3v) is 4.54. The Morgan fingerprint density at radius 2 is 1.88 bits per heavy atom. The Bertz CT molecular complexity index is 659. The Kier molecular flexibility index (Phi) is 7.15. The standard InChI is InChI=1S/C19H24N2O2S/c1-21(13-15-8-10-17(24-3)11-9-15)14-19(22)20-12-16-6-4-5-7-18(16)23-2/h4-11H,12-14H2,1-3H3,(H,20,22)/p+1. The molecule has 128 valence electrons. The fraction of sp³-hybridized carbons (Fsp3) is 0.316. The van der Waals surface area contributed by atoms with Crippen LogP contribution in [-0.4, -0.2) is 32.9 Å². The molecule has 0 saturated heterocycles. The second kappa shape index (κ2) is 9.35. The van der Waals surface area contributed by atoms with Crippen LogP contribution in [0.4, 0.5) is 0 Å². The molecule has 5 heteroatoms. The highest BCUT2D eigenvalue weighted by Crippen LogP contribution is 2.16. The van der Waals surface area contributed by atoms with Gasteiger partial charge in [-0.25, -0.2) is 0 Å². The van der Waals surface area contributed by atoms with E-state index in [2.05, 4.69) is 35.8 Å². The van der Waals surface area contributed by atoms with Crippen LogP contribution >= 0.6 is 11.8 Å². The number of para-hydroxylation sites is 1. The van der Waals surface area contributed by atoms with Crippen LogP contribution in [0.2, 0.25) is 0 Å². The number of carbonyl (C=O) groups is 1. The summed E-state index contributed by atoms with van der Waals surface area (Å²) in [6, 6.07) is 16.2. The molecule has 0 spiro atoms. The average Bonchev–Trinajstić information content (AvgIpc) is 2.60. The summed E-state index contributed by atoms with van der Waals surface area (Å²) >= 11 is 1.73. The monoisotopic (exact) mass is 345 g/mol. The Morgan fingerprint density at radius 3 is 2.54 bits per heavy atom. The molecule has 2 aromatic rings. The van der Waals surface area contributed by atoms with Crippen molar-refractivity contribution >= 4 is 17.7 Å². The Labute approximate surface area is 148 Å². The van der Waals surface area contributed by atoms with Gasteiger partial charge in [-0.3, -0.25) is 4.79 Å². The lowest BCUT2D eigenvalue weighted by molar-refractivity contribution is -0.885. The van der Waals surface area contributed by atoms with Crippen molar-refractivity contribution in [3.8, 4) is 5.75 Å². The maximum Gasteiger partial charge on any atom is 0.275 e. The molecule has 0 bridgehead atoms. The van der Waals surface area contributed by atoms with Gasteiger partial charge >= 0.3 is 0 Å². The van der Waals surface area contributed by atoms with Crippen molar-refractivity contribution in [2.24, 2.45) is 0 Å². The first-order valence-corrected chi connectivity index (χ1v) is 9.17. The predicted octanol–water partition coefficient (Wildman–Crippen LogP) is 1.75. The number of hydrogen-bond donors (Lipinski definition) is 2. The van der Waals surface area contributed by atoms with Crippen LogP contribution in [0.3, 0.4) is 0 Å². The summed E-state index contributed by atoms with van der Waals surface area (Å²) in [5, 5.41) is 2.97. The first-order chi connectivity index (χ1) is 11.6. The van der Waals surface area contributed by atoms with E-state index in [1.165, 1.54) is 10.5 Å². The molecule has 2 rings (SSSR count). The number of amides is 1. The highest BCUT2D eigenvalue weighted by molar-refractivity contribution is 7.98. The zero-order valence-corrected chi connectivity index (χ0v) is 15.3. The van der Waals surface area contributed by atoms with Gasteiger partial charge in [0.05, 0.1) is 14.2 Å². The van der Waals surface area contributed by atoms with Crippen molar-refractivity contribution in [1.29, 1.82) is 0 Å². The van der Waals surface area contributed by atoms with E-state index in [9.17, 15) is 4.79 Å². The number of likely N-dealkylation sites (N-methyl/N-ethyl adjacent to an activating group) is 1. The SMILES string of the molecule is COc1ccccc1CNC(=O)C[NH+](C)Cc1ccc(SC)cc1. The van der Waals surface area contributed by atoms with Crippen LogP contribution in [0.5, 0.6) is 5.75 Å². The largest absolute Gasteiger partial charge is 0.496 e. The van der Waals surface area contributed by atoms with Gasteiger partial charge in [0.1, 0.15) is 12.3 Å². The zero-order chi connectivity index (χ0) is 17.4. The van der Waals surface area contributed by atoms with E-state index in [1.807, 2.05) is 31.3 Å². The number of benzene rings is 2. The summed E-state index contributed by atoms with van der Waals surface area (Å²) in [7, 11) is 3.67. The highest BCUT2D eigenvalue weighted by Gasteiger charge is 2.11. The number of methoxy groups -OCH3 is 1. The first kappa shape index (κ1) is 18.4. The fourth-order valence-electron chi connectivity index (χ4n) is 2.53. The molecule has 4 nitrogen and oxygen atoms in total. The number of thioether (sulfide) groups is 1. The first-order valence-electron chi connectivity index (χ1n) is 7.95. The van der Waals surface area contributed by atoms with Crippen molar-refractivity contribution in [2.45, 2.75) is 18.0 Å². The van der Waals surface area contributed by atoms with E-state index in [0.29, 0.717) is 13.1 Å². The molecular formula is C19H25N2O2S+. The van der Waals surface area contributed by atoms with Crippen LogP contribution < -0.4 is 15.0 Å². The van der Waals surface area contributed by atoms with Crippen LogP contribution in [0.1, 0.15) is 11.1 Å². The molecule has 1 atom stereocenters. The Morgan fingerprint density at radius 1 is 1.17 bits per heavy atom. The topological polar surface area (TPSA) is 42.8 Å². The molecule has 0 radical (unpaired) electrons. The summed E-state index contributed by atoms with van der Waals surface area (Å²) in [5.74, 6) is 0.839. The molecule has 0 aliphatic rings. The van der Waals surface area contributed by atoms with Gasteiger partial charge in [0.15, 0.2) is 6.54 Å². The van der Waals surface area contributed by atoms with Gasteiger partial charge in [-0.1, -0.05) is 30.3 Å². The number of carbonyl (C=O) groups excluding carboxylic acids is 1. The van der Waals surface area contributed by atoms with Gasteiger partial charge in [0.25, 0.3) is 5.91 Å². The van der Waals surface area contributed by atoms with E-state index in [1.54, 1.807) is 18.9 Å². The molecule has 0 aliphatic heterocycles. The molecule has 0 aliphatic carbocycles. The summed E-state index contributed by atoms with van der Waals surface area (Å²) in [5.41, 5.74) is 2.22. The lowest BCUT2D eigenvalue weighted by Gasteiger charge is -2.15. The summed E-state index contributed by atoms with van der Waals surface area (Å²) in [6.07, 6.45) is 2.07. The van der Waals surface area contributed by atoms with Crippen LogP contribution in [-0.2, 0) is 17.9 Å². The van der Waals surface area contributed by atoms with Gasteiger partial charge in [-0.05, 0) is 24.5 Å². The van der Waals surface area contributed by atoms with Gasteiger partial charge in [-0.15, -0.1) is 11.8 Å². The minimum atomic E-state index is 0.0409. The third-order valence-electron chi connectivity index (χ3n) is 3.80. The van der Waals surface area contributed by atoms with E-state index < -0.39 is 0 Å². The smallest absolute Gasteiger partial charge is 0.275 e. The van der Waals surface area contributed by atoms with Crippen molar-refractivity contribution in [1.82, 2.24) is 5.32 Å². The molecule has 2 N–H and O–H groups in total. The molecule has 0 fully saturated rings. The minimum absolute atomic E-state index is 0.0409. The van der Waals surface area contributed by atoms with E-state index in [4.69, 9.17) is 4.74 Å². The molecule has 0 saturated carbocycles. The van der Waals surface area contributed by atoms with Crippen molar-refractivity contribution < 1.29 is 14.4 Å². The number of nitrogens with one attached hydrogen (secondary N) is 2. The van der Waals surface area contributed by atoms with E-state index in [-0.39, 0.29) is 5.91 Å². The van der Waals surface area contributed by atoms with Crippen molar-refractivity contribution in [3.63, 3.8) is 0 Å². The lowest BCUT2D eigenvalue weighted by Crippen LogP contribution is -3.08. The number of ether oxygens (including phenoxy) is 1. The maximum atomic E-state index is 12.1. The van der Waals surface area contributed by atoms with E-state index in [0.717, 1.165) is 22.8 Å². The average molecular weight is 345 g/mol. The molecule has 0 aromatic heterocycles. The molecule has 24 heavy (non-hydrogen) atoms. The summed E-state index contributed by atoms with van der Waals surface area (Å²) in [6.45, 7) is 1.76. The van der Waals surface area contributed by atoms with Gasteiger partial charge in [0, 0.05) is 22.6 Å². The number of rotatable bonds is 8. The fourth-order valence-corrected chi connectivity index (χ4v) is 2.94. The van der Waals surface area contributed by atoms with Gasteiger partial charge in [-0.2, -0.15) is 0 Å². The number of quaternary nitrogens is 1. The molecule has 1 unspecified atom stereocenters. The summed E-state index contributed by atoms with van der Waals surface area (Å²) in [4.78, 5) is 14.6. The molecule has 2 aromatic carbocycles. The highest BCUT2D eigenvalue weighted by atomic mass is 32.2. The van der Waals surface area contributed by atoms with Crippen LogP contribution in [0.25, 0.3) is 0 Å². The molecular weight excluding hydrogens is 320 g/mol. The van der Waals surface area contributed by atoms with Crippen molar-refractivity contribution in [2.75, 3.05) is 27.0 Å². The van der Waals surface area contributed by atoms with E-state index >= 15 is 0 Å². The van der Waals surface area contributed by atoms with Gasteiger partial charge in [0.2, 0.25) is 0 Å².